The zero-order chi connectivity index (χ0) is 10.7. The summed E-state index contributed by atoms with van der Waals surface area (Å²) in [6, 6.07) is 14.3. The Bertz CT molecular complexity index is 489. The minimum Gasteiger partial charge on any atom is -0.346 e. The van der Waals surface area contributed by atoms with Crippen LogP contribution in [0.3, 0.4) is 0 Å². The quantitative estimate of drug-likeness (QED) is 0.726. The van der Waals surface area contributed by atoms with Gasteiger partial charge in [-0.25, -0.2) is 0 Å². The van der Waals surface area contributed by atoms with Gasteiger partial charge in [-0.1, -0.05) is 30.3 Å². The number of rotatable bonds is 2. The van der Waals surface area contributed by atoms with Gasteiger partial charge >= 0.3 is 0 Å². The van der Waals surface area contributed by atoms with Crippen LogP contribution in [0.4, 0.5) is 0 Å². The van der Waals surface area contributed by atoms with Gasteiger partial charge in [-0.2, -0.15) is 5.26 Å². The SMILES string of the molecule is Cc1c(C#N)ccn1Cc1ccccc1. The van der Waals surface area contributed by atoms with Crippen molar-refractivity contribution in [2.24, 2.45) is 0 Å². The summed E-state index contributed by atoms with van der Waals surface area (Å²) < 4.78 is 2.09. The monoisotopic (exact) mass is 196 g/mol. The molecule has 0 fully saturated rings. The van der Waals surface area contributed by atoms with Crippen LogP contribution in [0.15, 0.2) is 42.6 Å². The Morgan fingerprint density at radius 2 is 1.93 bits per heavy atom. The molecule has 0 amide bonds. The third-order valence-electron chi connectivity index (χ3n) is 2.56. The molecule has 0 atom stereocenters. The van der Waals surface area contributed by atoms with Gasteiger partial charge in [0.25, 0.3) is 0 Å². The Labute approximate surface area is 89.4 Å². The second-order valence-electron chi connectivity index (χ2n) is 3.54. The van der Waals surface area contributed by atoms with Crippen molar-refractivity contribution in [3.05, 3.63) is 59.4 Å². The molecule has 2 aromatic rings. The van der Waals surface area contributed by atoms with Crippen LogP contribution in [0.1, 0.15) is 16.8 Å². The van der Waals surface area contributed by atoms with Crippen LogP contribution >= 0.6 is 0 Å². The van der Waals surface area contributed by atoms with Gasteiger partial charge in [0, 0.05) is 18.4 Å². The molecule has 0 saturated carbocycles. The molecule has 1 aromatic carbocycles. The number of hydrogen-bond donors (Lipinski definition) is 0. The molecule has 74 valence electrons. The van der Waals surface area contributed by atoms with E-state index in [9.17, 15) is 0 Å². The molecule has 0 spiro atoms. The van der Waals surface area contributed by atoms with Crippen LogP contribution in [0.5, 0.6) is 0 Å². The summed E-state index contributed by atoms with van der Waals surface area (Å²) in [6.45, 7) is 2.80. The molecule has 0 saturated heterocycles. The van der Waals surface area contributed by atoms with Crippen molar-refractivity contribution >= 4 is 0 Å². The lowest BCUT2D eigenvalue weighted by Crippen LogP contribution is -2.00. The maximum atomic E-state index is 8.83. The lowest BCUT2D eigenvalue weighted by molar-refractivity contribution is 0.775. The molecule has 0 radical (unpaired) electrons. The minimum atomic E-state index is 0.755. The van der Waals surface area contributed by atoms with Crippen molar-refractivity contribution in [1.82, 2.24) is 4.57 Å². The van der Waals surface area contributed by atoms with Gasteiger partial charge in [0.2, 0.25) is 0 Å². The standard InChI is InChI=1S/C13H12N2/c1-11-13(9-14)7-8-15(11)10-12-5-3-2-4-6-12/h2-8H,10H2,1H3. The van der Waals surface area contributed by atoms with Crippen molar-refractivity contribution in [1.29, 1.82) is 5.26 Å². The minimum absolute atomic E-state index is 0.755. The molecule has 0 unspecified atom stereocenters. The highest BCUT2D eigenvalue weighted by atomic mass is 15.0. The molecule has 0 aliphatic rings. The summed E-state index contributed by atoms with van der Waals surface area (Å²) in [6.07, 6.45) is 1.96. The van der Waals surface area contributed by atoms with Crippen molar-refractivity contribution in [2.75, 3.05) is 0 Å². The van der Waals surface area contributed by atoms with Crippen molar-refractivity contribution in [3.63, 3.8) is 0 Å². The summed E-state index contributed by atoms with van der Waals surface area (Å²) in [5.41, 5.74) is 3.04. The molecule has 0 aliphatic heterocycles. The maximum absolute atomic E-state index is 8.83. The fourth-order valence-electron chi connectivity index (χ4n) is 1.62. The fraction of sp³-hybridized carbons (Fsp3) is 0.154. The second kappa shape index (κ2) is 4.02. The van der Waals surface area contributed by atoms with E-state index in [1.807, 2.05) is 37.4 Å². The Balaban J connectivity index is 2.26. The van der Waals surface area contributed by atoms with E-state index in [4.69, 9.17) is 5.26 Å². The Morgan fingerprint density at radius 3 is 2.53 bits per heavy atom. The lowest BCUT2D eigenvalue weighted by Gasteiger charge is -2.05. The highest BCUT2D eigenvalue weighted by Gasteiger charge is 2.03. The van der Waals surface area contributed by atoms with Gasteiger partial charge < -0.3 is 4.57 Å². The van der Waals surface area contributed by atoms with Crippen molar-refractivity contribution in [3.8, 4) is 6.07 Å². The number of nitriles is 1. The van der Waals surface area contributed by atoms with Crippen LogP contribution in [0.2, 0.25) is 0 Å². The Kier molecular flexibility index (Phi) is 2.55. The van der Waals surface area contributed by atoms with E-state index in [1.54, 1.807) is 0 Å². The van der Waals surface area contributed by atoms with E-state index in [2.05, 4.69) is 22.8 Å². The molecule has 0 aliphatic carbocycles. The normalized spacial score (nSPS) is 9.87. The summed E-state index contributed by atoms with van der Waals surface area (Å²) in [4.78, 5) is 0. The summed E-state index contributed by atoms with van der Waals surface area (Å²) >= 11 is 0. The first kappa shape index (κ1) is 9.54. The molecule has 15 heavy (non-hydrogen) atoms. The summed E-state index contributed by atoms with van der Waals surface area (Å²) in [7, 11) is 0. The second-order valence-corrected chi connectivity index (χ2v) is 3.54. The Hall–Kier alpha value is -2.01. The van der Waals surface area contributed by atoms with Gasteiger partial charge in [0.1, 0.15) is 6.07 Å². The highest BCUT2D eigenvalue weighted by Crippen LogP contribution is 2.11. The molecule has 2 nitrogen and oxygen atoms in total. The maximum Gasteiger partial charge on any atom is 0.101 e. The van der Waals surface area contributed by atoms with E-state index in [0.717, 1.165) is 17.8 Å². The van der Waals surface area contributed by atoms with Gasteiger partial charge in [-0.05, 0) is 18.6 Å². The number of nitrogens with zero attached hydrogens (tertiary/aromatic N) is 2. The third-order valence-corrected chi connectivity index (χ3v) is 2.56. The van der Waals surface area contributed by atoms with Crippen molar-refractivity contribution < 1.29 is 0 Å². The fourth-order valence-corrected chi connectivity index (χ4v) is 1.62. The van der Waals surface area contributed by atoms with E-state index in [1.165, 1.54) is 5.56 Å². The van der Waals surface area contributed by atoms with Crippen LogP contribution in [0.25, 0.3) is 0 Å². The van der Waals surface area contributed by atoms with Gasteiger partial charge in [-0.3, -0.25) is 0 Å². The molecule has 0 N–H and O–H groups in total. The number of benzene rings is 1. The summed E-state index contributed by atoms with van der Waals surface area (Å²) in [5.74, 6) is 0. The molecular formula is C13H12N2. The van der Waals surface area contributed by atoms with Crippen LogP contribution in [0, 0.1) is 18.3 Å². The number of aromatic nitrogens is 1. The van der Waals surface area contributed by atoms with Gasteiger partial charge in [-0.15, -0.1) is 0 Å². The largest absolute Gasteiger partial charge is 0.346 e. The van der Waals surface area contributed by atoms with Gasteiger partial charge in [0.05, 0.1) is 5.56 Å². The van der Waals surface area contributed by atoms with E-state index in [0.29, 0.717) is 0 Å². The first-order valence-electron chi connectivity index (χ1n) is 4.91. The molecular weight excluding hydrogens is 184 g/mol. The average Bonchev–Trinajstić information content (AvgIpc) is 2.62. The summed E-state index contributed by atoms with van der Waals surface area (Å²) in [5, 5.41) is 8.83. The predicted octanol–water partition coefficient (Wildman–Crippen LogP) is 2.72. The Morgan fingerprint density at radius 1 is 1.20 bits per heavy atom. The topological polar surface area (TPSA) is 28.7 Å². The highest BCUT2D eigenvalue weighted by molar-refractivity contribution is 5.34. The smallest absolute Gasteiger partial charge is 0.101 e. The molecule has 2 heteroatoms. The van der Waals surface area contributed by atoms with Crippen LogP contribution in [-0.2, 0) is 6.54 Å². The van der Waals surface area contributed by atoms with Crippen molar-refractivity contribution in [2.45, 2.75) is 13.5 Å². The van der Waals surface area contributed by atoms with Crippen LogP contribution < -0.4 is 0 Å². The lowest BCUT2D eigenvalue weighted by atomic mass is 10.2. The first-order valence-corrected chi connectivity index (χ1v) is 4.91. The van der Waals surface area contributed by atoms with E-state index < -0.39 is 0 Å². The molecule has 1 heterocycles. The zero-order valence-corrected chi connectivity index (χ0v) is 8.64. The molecule has 1 aromatic heterocycles. The zero-order valence-electron chi connectivity index (χ0n) is 8.64. The number of hydrogen-bond acceptors (Lipinski definition) is 1. The third kappa shape index (κ3) is 1.92. The van der Waals surface area contributed by atoms with E-state index in [-0.39, 0.29) is 0 Å². The predicted molar refractivity (Wildman–Crippen MR) is 59.4 cm³/mol. The molecule has 0 bridgehead atoms. The first-order chi connectivity index (χ1) is 7.31. The van der Waals surface area contributed by atoms with Crippen LogP contribution in [-0.4, -0.2) is 4.57 Å². The van der Waals surface area contributed by atoms with Gasteiger partial charge in [0.15, 0.2) is 0 Å². The molecule has 2 rings (SSSR count). The van der Waals surface area contributed by atoms with E-state index >= 15 is 0 Å². The average molecular weight is 196 g/mol.